The van der Waals surface area contributed by atoms with E-state index in [9.17, 15) is 14.3 Å². The van der Waals surface area contributed by atoms with E-state index in [1.807, 2.05) is 20.8 Å². The van der Waals surface area contributed by atoms with Gasteiger partial charge in [0, 0.05) is 5.54 Å². The molecule has 17 heavy (non-hydrogen) atoms. The second-order valence-corrected chi connectivity index (χ2v) is 4.38. The van der Waals surface area contributed by atoms with Crippen molar-refractivity contribution in [1.82, 2.24) is 5.32 Å². The van der Waals surface area contributed by atoms with Crippen molar-refractivity contribution in [2.24, 2.45) is 0 Å². The maximum atomic E-state index is 13.0. The van der Waals surface area contributed by atoms with Crippen molar-refractivity contribution in [2.45, 2.75) is 39.2 Å². The number of rotatable bonds is 4. The minimum absolute atomic E-state index is 0.0295. The molecule has 4 heteroatoms. The van der Waals surface area contributed by atoms with E-state index in [-0.39, 0.29) is 16.9 Å². The number of carbonyl (C=O) groups is 1. The lowest BCUT2D eigenvalue weighted by Gasteiger charge is -2.28. The molecule has 0 saturated carbocycles. The molecule has 0 fully saturated rings. The Kier molecular flexibility index (Phi) is 4.10. The molecule has 0 aliphatic carbocycles. The van der Waals surface area contributed by atoms with E-state index in [0.29, 0.717) is 0 Å². The van der Waals surface area contributed by atoms with Gasteiger partial charge in [0.2, 0.25) is 0 Å². The Morgan fingerprint density at radius 2 is 2.00 bits per heavy atom. The van der Waals surface area contributed by atoms with Crippen molar-refractivity contribution >= 4 is 5.91 Å². The second-order valence-electron chi connectivity index (χ2n) is 4.38. The number of halogens is 1. The first-order chi connectivity index (χ1) is 7.91. The molecule has 0 heterocycles. The van der Waals surface area contributed by atoms with Crippen LogP contribution in [-0.4, -0.2) is 16.6 Å². The minimum atomic E-state index is -0.539. The molecule has 0 radical (unpaired) electrons. The molecule has 0 aromatic heterocycles. The topological polar surface area (TPSA) is 49.3 Å². The SMILES string of the molecule is CCC(C)(CC)NC(=O)c1cc(F)ccc1O. The summed E-state index contributed by atoms with van der Waals surface area (Å²) in [4.78, 5) is 11.9. The Bertz CT molecular complexity index is 414. The maximum Gasteiger partial charge on any atom is 0.255 e. The quantitative estimate of drug-likeness (QED) is 0.848. The first kappa shape index (κ1) is 13.5. The van der Waals surface area contributed by atoms with Crippen LogP contribution in [0, 0.1) is 5.82 Å². The smallest absolute Gasteiger partial charge is 0.255 e. The van der Waals surface area contributed by atoms with Crippen LogP contribution in [0.15, 0.2) is 18.2 Å². The van der Waals surface area contributed by atoms with Gasteiger partial charge in [-0.2, -0.15) is 0 Å². The Morgan fingerprint density at radius 3 is 2.53 bits per heavy atom. The van der Waals surface area contributed by atoms with Gasteiger partial charge in [0.15, 0.2) is 0 Å². The summed E-state index contributed by atoms with van der Waals surface area (Å²) in [5, 5.41) is 12.3. The molecule has 0 aliphatic heterocycles. The van der Waals surface area contributed by atoms with Crippen LogP contribution in [0.5, 0.6) is 5.75 Å². The molecule has 1 rings (SSSR count). The molecule has 94 valence electrons. The van der Waals surface area contributed by atoms with Gasteiger partial charge < -0.3 is 10.4 Å². The summed E-state index contributed by atoms with van der Waals surface area (Å²) in [6.45, 7) is 5.85. The Morgan fingerprint density at radius 1 is 1.41 bits per heavy atom. The third kappa shape index (κ3) is 3.19. The van der Waals surface area contributed by atoms with Crippen LogP contribution in [0.2, 0.25) is 0 Å². The molecule has 2 N–H and O–H groups in total. The van der Waals surface area contributed by atoms with E-state index in [4.69, 9.17) is 0 Å². The van der Waals surface area contributed by atoms with Crippen LogP contribution in [0.25, 0.3) is 0 Å². The monoisotopic (exact) mass is 239 g/mol. The van der Waals surface area contributed by atoms with Gasteiger partial charge in [-0.3, -0.25) is 4.79 Å². The average Bonchev–Trinajstić information content (AvgIpc) is 2.32. The molecule has 1 amide bonds. The van der Waals surface area contributed by atoms with Crippen molar-refractivity contribution in [3.05, 3.63) is 29.6 Å². The number of hydrogen-bond acceptors (Lipinski definition) is 2. The summed E-state index contributed by atoms with van der Waals surface area (Å²) in [5.41, 5.74) is -0.367. The normalized spacial score (nSPS) is 11.3. The van der Waals surface area contributed by atoms with Gasteiger partial charge >= 0.3 is 0 Å². The molecule has 0 spiro atoms. The highest BCUT2D eigenvalue weighted by atomic mass is 19.1. The Labute approximate surface area is 101 Å². The lowest BCUT2D eigenvalue weighted by atomic mass is 9.95. The highest BCUT2D eigenvalue weighted by Gasteiger charge is 2.24. The highest BCUT2D eigenvalue weighted by molar-refractivity contribution is 5.97. The predicted molar refractivity (Wildman–Crippen MR) is 64.5 cm³/mol. The Balaban J connectivity index is 2.94. The second kappa shape index (κ2) is 5.17. The summed E-state index contributed by atoms with van der Waals surface area (Å²) in [6.07, 6.45) is 1.54. The first-order valence-corrected chi connectivity index (χ1v) is 5.73. The number of phenols is 1. The predicted octanol–water partition coefficient (Wildman–Crippen LogP) is 2.84. The zero-order chi connectivity index (χ0) is 13.1. The van der Waals surface area contributed by atoms with Gasteiger partial charge in [-0.25, -0.2) is 4.39 Å². The van der Waals surface area contributed by atoms with E-state index >= 15 is 0 Å². The van der Waals surface area contributed by atoms with Crippen molar-refractivity contribution < 1.29 is 14.3 Å². The molecular formula is C13H18FNO2. The molecule has 0 saturated heterocycles. The molecule has 1 aromatic rings. The van der Waals surface area contributed by atoms with Crippen molar-refractivity contribution in [3.8, 4) is 5.75 Å². The summed E-state index contributed by atoms with van der Waals surface area (Å²) in [5.74, 6) is -1.20. The van der Waals surface area contributed by atoms with Crippen LogP contribution < -0.4 is 5.32 Å². The lowest BCUT2D eigenvalue weighted by Crippen LogP contribution is -2.45. The van der Waals surface area contributed by atoms with Gasteiger partial charge in [0.25, 0.3) is 5.91 Å². The minimum Gasteiger partial charge on any atom is -0.507 e. The van der Waals surface area contributed by atoms with E-state index in [0.717, 1.165) is 25.0 Å². The van der Waals surface area contributed by atoms with Gasteiger partial charge in [-0.1, -0.05) is 13.8 Å². The summed E-state index contributed by atoms with van der Waals surface area (Å²) in [6, 6.07) is 3.33. The third-order valence-electron chi connectivity index (χ3n) is 3.18. The molecular weight excluding hydrogens is 221 g/mol. The number of phenolic OH excluding ortho intramolecular Hbond substituents is 1. The van der Waals surface area contributed by atoms with E-state index < -0.39 is 11.7 Å². The highest BCUT2D eigenvalue weighted by Crippen LogP contribution is 2.20. The largest absolute Gasteiger partial charge is 0.507 e. The maximum absolute atomic E-state index is 13.0. The lowest BCUT2D eigenvalue weighted by molar-refractivity contribution is 0.0898. The number of benzene rings is 1. The van der Waals surface area contributed by atoms with Gasteiger partial charge in [0.1, 0.15) is 11.6 Å². The number of carbonyl (C=O) groups excluding carboxylic acids is 1. The molecule has 0 unspecified atom stereocenters. The van der Waals surface area contributed by atoms with Crippen LogP contribution in [0.4, 0.5) is 4.39 Å². The number of aromatic hydroxyl groups is 1. The van der Waals surface area contributed by atoms with E-state index in [1.54, 1.807) is 0 Å². The zero-order valence-electron chi connectivity index (χ0n) is 10.4. The third-order valence-corrected chi connectivity index (χ3v) is 3.18. The van der Waals surface area contributed by atoms with Crippen LogP contribution in [-0.2, 0) is 0 Å². The first-order valence-electron chi connectivity index (χ1n) is 5.73. The fourth-order valence-corrected chi connectivity index (χ4v) is 1.46. The fourth-order valence-electron chi connectivity index (χ4n) is 1.46. The van der Waals surface area contributed by atoms with Crippen LogP contribution in [0.3, 0.4) is 0 Å². The van der Waals surface area contributed by atoms with Gasteiger partial charge in [-0.05, 0) is 38.0 Å². The standard InChI is InChI=1S/C13H18FNO2/c1-4-13(3,5-2)15-12(17)10-8-9(14)6-7-11(10)16/h6-8,16H,4-5H2,1-3H3,(H,15,17). The van der Waals surface area contributed by atoms with Crippen molar-refractivity contribution in [2.75, 3.05) is 0 Å². The fraction of sp³-hybridized carbons (Fsp3) is 0.462. The average molecular weight is 239 g/mol. The molecule has 0 aliphatic rings. The summed E-state index contributed by atoms with van der Waals surface area (Å²) in [7, 11) is 0. The zero-order valence-corrected chi connectivity index (χ0v) is 10.4. The number of hydrogen-bond donors (Lipinski definition) is 2. The van der Waals surface area contributed by atoms with E-state index in [1.165, 1.54) is 6.07 Å². The Hall–Kier alpha value is -1.58. The van der Waals surface area contributed by atoms with Crippen molar-refractivity contribution in [1.29, 1.82) is 0 Å². The van der Waals surface area contributed by atoms with Crippen molar-refractivity contribution in [3.63, 3.8) is 0 Å². The summed E-state index contributed by atoms with van der Waals surface area (Å²) >= 11 is 0. The molecule has 0 bridgehead atoms. The van der Waals surface area contributed by atoms with E-state index in [2.05, 4.69) is 5.32 Å². The molecule has 0 atom stereocenters. The van der Waals surface area contributed by atoms with Gasteiger partial charge in [0.05, 0.1) is 5.56 Å². The number of nitrogens with one attached hydrogen (secondary N) is 1. The summed E-state index contributed by atoms with van der Waals surface area (Å²) < 4.78 is 13.0. The number of amides is 1. The van der Waals surface area contributed by atoms with Crippen LogP contribution >= 0.6 is 0 Å². The van der Waals surface area contributed by atoms with Gasteiger partial charge in [-0.15, -0.1) is 0 Å². The molecule has 3 nitrogen and oxygen atoms in total. The molecule has 1 aromatic carbocycles. The van der Waals surface area contributed by atoms with Crippen LogP contribution in [0.1, 0.15) is 44.0 Å².